The second-order valence-electron chi connectivity index (χ2n) is 5.52. The molecule has 0 heterocycles. The highest BCUT2D eigenvalue weighted by molar-refractivity contribution is 6.33. The Bertz CT molecular complexity index is 544. The van der Waals surface area contributed by atoms with Gasteiger partial charge in [0.15, 0.2) is 0 Å². The van der Waals surface area contributed by atoms with Crippen LogP contribution in [0.4, 0.5) is 14.9 Å². The molecule has 0 radical (unpaired) electrons. The monoisotopic (exact) mass is 316 g/mol. The van der Waals surface area contributed by atoms with Crippen LogP contribution in [0.15, 0.2) is 18.2 Å². The van der Waals surface area contributed by atoms with Gasteiger partial charge in [-0.05, 0) is 39.0 Å². The van der Waals surface area contributed by atoms with E-state index >= 15 is 0 Å². The van der Waals surface area contributed by atoms with Gasteiger partial charge in [-0.1, -0.05) is 11.6 Å². The maximum atomic E-state index is 13.2. The van der Waals surface area contributed by atoms with E-state index in [-0.39, 0.29) is 23.7 Å². The van der Waals surface area contributed by atoms with Gasteiger partial charge in [0.2, 0.25) is 0 Å². The van der Waals surface area contributed by atoms with Crippen molar-refractivity contribution in [1.29, 1.82) is 0 Å². The fourth-order valence-corrected chi connectivity index (χ4v) is 1.89. The van der Waals surface area contributed by atoms with Gasteiger partial charge in [0, 0.05) is 12.1 Å². The lowest BCUT2D eigenvalue weighted by Gasteiger charge is -2.35. The molecular weight excluding hydrogens is 299 g/mol. The molecular formula is C14H18ClFN2O3. The largest absolute Gasteiger partial charge is 0.481 e. The van der Waals surface area contributed by atoms with Gasteiger partial charge in [0.1, 0.15) is 5.82 Å². The van der Waals surface area contributed by atoms with Crippen molar-refractivity contribution in [1.82, 2.24) is 4.90 Å². The Morgan fingerprint density at radius 2 is 2.00 bits per heavy atom. The van der Waals surface area contributed by atoms with Gasteiger partial charge in [-0.3, -0.25) is 4.79 Å². The summed E-state index contributed by atoms with van der Waals surface area (Å²) in [6, 6.07) is 3.10. The Morgan fingerprint density at radius 1 is 1.38 bits per heavy atom. The first-order valence-corrected chi connectivity index (χ1v) is 6.74. The quantitative estimate of drug-likeness (QED) is 0.892. The van der Waals surface area contributed by atoms with Crippen LogP contribution in [0, 0.1) is 5.82 Å². The van der Waals surface area contributed by atoms with Crippen molar-refractivity contribution < 1.29 is 19.1 Å². The number of anilines is 1. The van der Waals surface area contributed by atoms with Crippen molar-refractivity contribution >= 4 is 29.3 Å². The van der Waals surface area contributed by atoms with E-state index in [0.29, 0.717) is 0 Å². The van der Waals surface area contributed by atoms with Crippen molar-refractivity contribution in [3.05, 3.63) is 29.0 Å². The van der Waals surface area contributed by atoms with E-state index in [0.717, 1.165) is 6.07 Å². The molecule has 7 heteroatoms. The molecule has 0 saturated heterocycles. The van der Waals surface area contributed by atoms with E-state index in [2.05, 4.69) is 5.32 Å². The van der Waals surface area contributed by atoms with E-state index in [1.54, 1.807) is 20.8 Å². The summed E-state index contributed by atoms with van der Waals surface area (Å²) >= 11 is 5.89. The zero-order chi connectivity index (χ0) is 16.2. The minimum atomic E-state index is -0.999. The van der Waals surface area contributed by atoms with Crippen LogP contribution in [0.3, 0.4) is 0 Å². The van der Waals surface area contributed by atoms with Gasteiger partial charge in [0.25, 0.3) is 0 Å². The van der Waals surface area contributed by atoms with Gasteiger partial charge in [-0.2, -0.15) is 0 Å². The summed E-state index contributed by atoms with van der Waals surface area (Å²) in [6.07, 6.45) is -0.179. The highest BCUT2D eigenvalue weighted by Gasteiger charge is 2.27. The highest BCUT2D eigenvalue weighted by atomic mass is 35.5. The number of nitrogens with zero attached hydrogens (tertiary/aromatic N) is 1. The Kier molecular flexibility index (Phi) is 5.54. The van der Waals surface area contributed by atoms with Gasteiger partial charge in [-0.25, -0.2) is 9.18 Å². The Hall–Kier alpha value is -1.82. The number of carbonyl (C=O) groups is 2. The third-order valence-electron chi connectivity index (χ3n) is 2.77. The summed E-state index contributed by atoms with van der Waals surface area (Å²) in [5.74, 6) is -1.52. The van der Waals surface area contributed by atoms with E-state index in [1.165, 1.54) is 17.0 Å². The fraction of sp³-hybridized carbons (Fsp3) is 0.429. The van der Waals surface area contributed by atoms with Crippen molar-refractivity contribution in [2.75, 3.05) is 11.9 Å². The number of benzene rings is 1. The maximum absolute atomic E-state index is 13.2. The number of urea groups is 1. The van der Waals surface area contributed by atoms with Gasteiger partial charge >= 0.3 is 12.0 Å². The molecule has 116 valence electrons. The number of hydrogen-bond acceptors (Lipinski definition) is 2. The zero-order valence-electron chi connectivity index (χ0n) is 12.1. The smallest absolute Gasteiger partial charge is 0.322 e. The molecule has 0 aliphatic heterocycles. The summed E-state index contributed by atoms with van der Waals surface area (Å²) in [5, 5.41) is 11.5. The first-order valence-electron chi connectivity index (χ1n) is 6.36. The van der Waals surface area contributed by atoms with Crippen LogP contribution in [0.2, 0.25) is 5.02 Å². The van der Waals surface area contributed by atoms with Crippen LogP contribution in [0.5, 0.6) is 0 Å². The number of carbonyl (C=O) groups excluding carboxylic acids is 1. The average molecular weight is 317 g/mol. The summed E-state index contributed by atoms with van der Waals surface area (Å²) in [4.78, 5) is 24.3. The number of carboxylic acids is 1. The molecule has 0 aliphatic rings. The Morgan fingerprint density at radius 3 is 2.52 bits per heavy atom. The van der Waals surface area contributed by atoms with Gasteiger partial charge < -0.3 is 15.3 Å². The van der Waals surface area contributed by atoms with Gasteiger partial charge in [-0.15, -0.1) is 0 Å². The predicted molar refractivity (Wildman–Crippen MR) is 79.1 cm³/mol. The minimum Gasteiger partial charge on any atom is -0.481 e. The number of carboxylic acid groups (broad SMARTS) is 1. The van der Waals surface area contributed by atoms with E-state index < -0.39 is 23.4 Å². The Balaban J connectivity index is 2.90. The minimum absolute atomic E-state index is 0.0393. The maximum Gasteiger partial charge on any atom is 0.322 e. The van der Waals surface area contributed by atoms with Crippen molar-refractivity contribution in [3.8, 4) is 0 Å². The second-order valence-corrected chi connectivity index (χ2v) is 5.93. The number of nitrogens with one attached hydrogen (secondary N) is 1. The summed E-state index contributed by atoms with van der Waals surface area (Å²) in [5.41, 5.74) is -0.439. The lowest BCUT2D eigenvalue weighted by atomic mass is 10.1. The molecule has 1 aromatic carbocycles. The molecule has 0 fully saturated rings. The first-order chi connectivity index (χ1) is 9.61. The summed E-state index contributed by atoms with van der Waals surface area (Å²) < 4.78 is 13.2. The number of aliphatic carboxylic acids is 1. The van der Waals surface area contributed by atoms with E-state index in [4.69, 9.17) is 16.7 Å². The van der Waals surface area contributed by atoms with Crippen molar-refractivity contribution in [2.45, 2.75) is 32.7 Å². The lowest BCUT2D eigenvalue weighted by molar-refractivity contribution is -0.137. The standard InChI is InChI=1S/C14H18ClFN2O3/c1-14(2,3)18(7-6-12(19)20)13(21)17-11-8-9(16)4-5-10(11)15/h4-5,8H,6-7H2,1-3H3,(H,17,21)(H,19,20). The molecule has 21 heavy (non-hydrogen) atoms. The van der Waals surface area contributed by atoms with Crippen LogP contribution in [-0.2, 0) is 4.79 Å². The van der Waals surface area contributed by atoms with Crippen molar-refractivity contribution in [2.24, 2.45) is 0 Å². The molecule has 0 spiro atoms. The third kappa shape index (κ3) is 5.23. The molecule has 0 unspecified atom stereocenters. The molecule has 5 nitrogen and oxygen atoms in total. The van der Waals surface area contributed by atoms with Crippen LogP contribution in [0.1, 0.15) is 27.2 Å². The molecule has 0 bridgehead atoms. The van der Waals surface area contributed by atoms with Crippen LogP contribution >= 0.6 is 11.6 Å². The number of halogens is 2. The van der Waals surface area contributed by atoms with E-state index in [9.17, 15) is 14.0 Å². The molecule has 2 N–H and O–H groups in total. The molecule has 1 aromatic rings. The van der Waals surface area contributed by atoms with Crippen molar-refractivity contribution in [3.63, 3.8) is 0 Å². The number of amides is 2. The number of hydrogen-bond donors (Lipinski definition) is 2. The Labute approximate surface area is 127 Å². The molecule has 0 saturated carbocycles. The molecule has 0 aromatic heterocycles. The average Bonchev–Trinajstić information content (AvgIpc) is 2.32. The van der Waals surface area contributed by atoms with Crippen LogP contribution < -0.4 is 5.32 Å². The molecule has 1 rings (SSSR count). The first kappa shape index (κ1) is 17.2. The summed E-state index contributed by atoms with van der Waals surface area (Å²) in [6.45, 7) is 5.38. The van der Waals surface area contributed by atoms with Gasteiger partial charge in [0.05, 0.1) is 17.1 Å². The SMILES string of the molecule is CC(C)(C)N(CCC(=O)O)C(=O)Nc1cc(F)ccc1Cl. The lowest BCUT2D eigenvalue weighted by Crippen LogP contribution is -2.48. The molecule has 0 aliphatic carbocycles. The fourth-order valence-electron chi connectivity index (χ4n) is 1.73. The van der Waals surface area contributed by atoms with Crippen LogP contribution in [0.25, 0.3) is 0 Å². The predicted octanol–water partition coefficient (Wildman–Crippen LogP) is 3.59. The summed E-state index contributed by atoms with van der Waals surface area (Å²) in [7, 11) is 0. The highest BCUT2D eigenvalue weighted by Crippen LogP contribution is 2.24. The topological polar surface area (TPSA) is 69.6 Å². The molecule has 2 amide bonds. The number of rotatable bonds is 4. The van der Waals surface area contributed by atoms with Crippen LogP contribution in [-0.4, -0.2) is 34.1 Å². The van der Waals surface area contributed by atoms with E-state index in [1.807, 2.05) is 0 Å². The normalized spacial score (nSPS) is 11.1. The second kappa shape index (κ2) is 6.76. The molecule has 0 atom stereocenters. The zero-order valence-corrected chi connectivity index (χ0v) is 12.9. The third-order valence-corrected chi connectivity index (χ3v) is 3.10.